The topological polar surface area (TPSA) is 35.5 Å². The van der Waals surface area contributed by atoms with Crippen LogP contribution < -0.4 is 4.74 Å². The molecule has 0 aliphatic heterocycles. The van der Waals surface area contributed by atoms with Crippen LogP contribution in [0.1, 0.15) is 34.3 Å². The zero-order valence-electron chi connectivity index (χ0n) is 11.0. The second kappa shape index (κ2) is 6.40. The lowest BCUT2D eigenvalue weighted by Gasteiger charge is -2.12. The fraction of sp³-hybridized carbons (Fsp3) is 0.500. The highest BCUT2D eigenvalue weighted by Crippen LogP contribution is 2.27. The van der Waals surface area contributed by atoms with Gasteiger partial charge in [-0.3, -0.25) is 4.79 Å². The molecule has 1 aromatic carbocycles. The predicted octanol–water partition coefficient (Wildman–Crippen LogP) is 2.92. The number of Topliss-reactive ketones (excluding diaryl/α,β-unsaturated/α-hetero) is 1. The number of aryl methyl sites for hydroxylation is 1. The molecule has 94 valence electrons. The molecule has 0 unspecified atom stereocenters. The monoisotopic (exact) mass is 236 g/mol. The van der Waals surface area contributed by atoms with Crippen LogP contribution in [0.2, 0.25) is 0 Å². The summed E-state index contributed by atoms with van der Waals surface area (Å²) < 4.78 is 10.3. The maximum Gasteiger partial charge on any atom is 0.166 e. The summed E-state index contributed by atoms with van der Waals surface area (Å²) in [5.74, 6) is 0.814. The fourth-order valence-electron chi connectivity index (χ4n) is 1.78. The average molecular weight is 236 g/mol. The van der Waals surface area contributed by atoms with Crippen molar-refractivity contribution >= 4 is 5.78 Å². The molecule has 0 bridgehead atoms. The van der Waals surface area contributed by atoms with Crippen LogP contribution in [-0.4, -0.2) is 26.6 Å². The first-order chi connectivity index (χ1) is 8.11. The van der Waals surface area contributed by atoms with Crippen molar-refractivity contribution in [1.29, 1.82) is 0 Å². The Kier molecular flexibility index (Phi) is 5.16. The molecule has 0 radical (unpaired) electrons. The van der Waals surface area contributed by atoms with Gasteiger partial charge in [-0.1, -0.05) is 6.07 Å². The van der Waals surface area contributed by atoms with Crippen LogP contribution in [0.4, 0.5) is 0 Å². The lowest BCUT2D eigenvalue weighted by molar-refractivity contribution is 0.0960. The molecule has 0 aliphatic rings. The van der Waals surface area contributed by atoms with Crippen LogP contribution in [0.3, 0.4) is 0 Å². The van der Waals surface area contributed by atoms with Crippen molar-refractivity contribution < 1.29 is 14.3 Å². The number of hydrogen-bond donors (Lipinski definition) is 0. The van der Waals surface area contributed by atoms with Gasteiger partial charge in [0, 0.05) is 20.1 Å². The number of hydrogen-bond acceptors (Lipinski definition) is 3. The zero-order chi connectivity index (χ0) is 12.8. The number of ether oxygens (including phenoxy) is 2. The highest BCUT2D eigenvalue weighted by Gasteiger charge is 2.14. The quantitative estimate of drug-likeness (QED) is 0.562. The Bertz CT molecular complexity index is 397. The molecule has 3 nitrogen and oxygen atoms in total. The molecule has 0 N–H and O–H groups in total. The molecular weight excluding hydrogens is 216 g/mol. The molecule has 0 heterocycles. The molecule has 0 fully saturated rings. The number of benzene rings is 1. The van der Waals surface area contributed by atoms with Crippen LogP contribution in [0, 0.1) is 13.8 Å². The van der Waals surface area contributed by atoms with Crippen molar-refractivity contribution in [1.82, 2.24) is 0 Å². The molecule has 0 aliphatic carbocycles. The molecule has 0 atom stereocenters. The molecule has 1 aromatic rings. The molecular formula is C14H20O3. The van der Waals surface area contributed by atoms with Crippen molar-refractivity contribution in [3.63, 3.8) is 0 Å². The van der Waals surface area contributed by atoms with E-state index in [1.54, 1.807) is 14.2 Å². The van der Waals surface area contributed by atoms with Gasteiger partial charge in [0.05, 0.1) is 12.7 Å². The first kappa shape index (κ1) is 13.7. The Morgan fingerprint density at radius 3 is 2.53 bits per heavy atom. The van der Waals surface area contributed by atoms with Gasteiger partial charge in [0.2, 0.25) is 0 Å². The van der Waals surface area contributed by atoms with E-state index in [2.05, 4.69) is 0 Å². The molecule has 0 aromatic heterocycles. The van der Waals surface area contributed by atoms with Crippen molar-refractivity contribution in [3.05, 3.63) is 28.8 Å². The highest BCUT2D eigenvalue weighted by atomic mass is 16.5. The molecule has 0 saturated carbocycles. The Balaban J connectivity index is 2.90. The van der Waals surface area contributed by atoms with Crippen LogP contribution in [0.5, 0.6) is 5.75 Å². The maximum atomic E-state index is 12.0. The average Bonchev–Trinajstić information content (AvgIpc) is 2.32. The minimum absolute atomic E-state index is 0.113. The summed E-state index contributed by atoms with van der Waals surface area (Å²) in [5.41, 5.74) is 2.84. The van der Waals surface area contributed by atoms with Crippen LogP contribution in [-0.2, 0) is 4.74 Å². The van der Waals surface area contributed by atoms with Crippen molar-refractivity contribution in [3.8, 4) is 5.75 Å². The number of carbonyl (C=O) groups excluding carboxylic acids is 1. The summed E-state index contributed by atoms with van der Waals surface area (Å²) in [5, 5.41) is 0. The third-order valence-electron chi connectivity index (χ3n) is 2.93. The van der Waals surface area contributed by atoms with Gasteiger partial charge >= 0.3 is 0 Å². The van der Waals surface area contributed by atoms with Crippen molar-refractivity contribution in [2.24, 2.45) is 0 Å². The van der Waals surface area contributed by atoms with Gasteiger partial charge in [-0.15, -0.1) is 0 Å². The number of rotatable bonds is 6. The largest absolute Gasteiger partial charge is 0.496 e. The van der Waals surface area contributed by atoms with E-state index in [0.717, 1.165) is 17.5 Å². The standard InChI is InChI=1S/C14H20O3/c1-10-7-8-12(14(17-4)11(10)2)13(15)6-5-9-16-3/h7-8H,5-6,9H2,1-4H3. The molecule has 1 rings (SSSR count). The lowest BCUT2D eigenvalue weighted by atomic mass is 9.99. The SMILES string of the molecule is COCCCC(=O)c1ccc(C)c(C)c1OC. The van der Waals surface area contributed by atoms with Gasteiger partial charge < -0.3 is 9.47 Å². The van der Waals surface area contributed by atoms with E-state index in [1.807, 2.05) is 26.0 Å². The van der Waals surface area contributed by atoms with E-state index in [4.69, 9.17) is 9.47 Å². The molecule has 17 heavy (non-hydrogen) atoms. The van der Waals surface area contributed by atoms with E-state index in [9.17, 15) is 4.79 Å². The summed E-state index contributed by atoms with van der Waals surface area (Å²) in [4.78, 5) is 12.0. The smallest absolute Gasteiger partial charge is 0.166 e. The summed E-state index contributed by atoms with van der Waals surface area (Å²) in [6.45, 7) is 4.59. The minimum atomic E-state index is 0.113. The van der Waals surface area contributed by atoms with E-state index < -0.39 is 0 Å². The molecule has 0 amide bonds. The summed E-state index contributed by atoms with van der Waals surface area (Å²) in [6.07, 6.45) is 1.23. The Labute approximate surface area is 103 Å². The Morgan fingerprint density at radius 1 is 1.24 bits per heavy atom. The first-order valence-electron chi connectivity index (χ1n) is 5.78. The minimum Gasteiger partial charge on any atom is -0.496 e. The van der Waals surface area contributed by atoms with E-state index in [-0.39, 0.29) is 5.78 Å². The van der Waals surface area contributed by atoms with Crippen molar-refractivity contribution in [2.75, 3.05) is 20.8 Å². The summed E-state index contributed by atoms with van der Waals surface area (Å²) in [7, 11) is 3.24. The predicted molar refractivity (Wildman–Crippen MR) is 67.9 cm³/mol. The molecule has 0 saturated heterocycles. The van der Waals surface area contributed by atoms with Gasteiger partial charge in [-0.25, -0.2) is 0 Å². The third kappa shape index (κ3) is 3.30. The molecule has 3 heteroatoms. The summed E-state index contributed by atoms with van der Waals surface area (Å²) >= 11 is 0. The van der Waals surface area contributed by atoms with E-state index in [1.165, 1.54) is 0 Å². The zero-order valence-corrected chi connectivity index (χ0v) is 11.0. The van der Waals surface area contributed by atoms with Gasteiger partial charge in [-0.05, 0) is 37.5 Å². The van der Waals surface area contributed by atoms with Crippen LogP contribution in [0.15, 0.2) is 12.1 Å². The van der Waals surface area contributed by atoms with E-state index >= 15 is 0 Å². The van der Waals surface area contributed by atoms with Gasteiger partial charge in [0.15, 0.2) is 5.78 Å². The molecule has 0 spiro atoms. The number of ketones is 1. The summed E-state index contributed by atoms with van der Waals surface area (Å²) in [6, 6.07) is 3.80. The van der Waals surface area contributed by atoms with Crippen LogP contribution >= 0.6 is 0 Å². The number of methoxy groups -OCH3 is 2. The van der Waals surface area contributed by atoms with Gasteiger partial charge in [0.25, 0.3) is 0 Å². The van der Waals surface area contributed by atoms with Gasteiger partial charge in [0.1, 0.15) is 5.75 Å². The normalized spacial score (nSPS) is 10.4. The Hall–Kier alpha value is -1.35. The van der Waals surface area contributed by atoms with E-state index in [0.29, 0.717) is 24.3 Å². The van der Waals surface area contributed by atoms with Crippen molar-refractivity contribution in [2.45, 2.75) is 26.7 Å². The van der Waals surface area contributed by atoms with Crippen LogP contribution in [0.25, 0.3) is 0 Å². The lowest BCUT2D eigenvalue weighted by Crippen LogP contribution is -2.05. The van der Waals surface area contributed by atoms with Gasteiger partial charge in [-0.2, -0.15) is 0 Å². The highest BCUT2D eigenvalue weighted by molar-refractivity contribution is 5.99. The number of carbonyl (C=O) groups is 1. The Morgan fingerprint density at radius 2 is 1.94 bits per heavy atom. The second-order valence-electron chi connectivity index (χ2n) is 4.11. The second-order valence-corrected chi connectivity index (χ2v) is 4.11. The first-order valence-corrected chi connectivity index (χ1v) is 5.78. The third-order valence-corrected chi connectivity index (χ3v) is 2.93. The fourth-order valence-corrected chi connectivity index (χ4v) is 1.78. The maximum absolute atomic E-state index is 12.0.